The van der Waals surface area contributed by atoms with Crippen LogP contribution in [0.4, 0.5) is 4.79 Å². The van der Waals surface area contributed by atoms with Crippen LogP contribution in [0.5, 0.6) is 0 Å². The minimum atomic E-state index is -0.897. The molecule has 0 aromatic rings. The Hall–Kier alpha value is -1.79. The summed E-state index contributed by atoms with van der Waals surface area (Å²) in [6.45, 7) is 9.24. The van der Waals surface area contributed by atoms with Gasteiger partial charge in [-0.1, -0.05) is 0 Å². The number of nitrogens with one attached hydrogen (secondary N) is 2. The van der Waals surface area contributed by atoms with Crippen molar-refractivity contribution in [2.24, 2.45) is 5.92 Å². The molecule has 2 atom stereocenters. The van der Waals surface area contributed by atoms with Crippen molar-refractivity contribution < 1.29 is 23.9 Å². The smallest absolute Gasteiger partial charge is 0.408 e. The molecule has 1 rings (SSSR count). The summed E-state index contributed by atoms with van der Waals surface area (Å²) >= 11 is 0. The molecular formula is C15H26N2O5. The van der Waals surface area contributed by atoms with Crippen LogP contribution in [0.25, 0.3) is 0 Å². The number of alkyl carbamates (subject to hydrolysis) is 1. The summed E-state index contributed by atoms with van der Waals surface area (Å²) in [6, 6.07) is -0.897. The van der Waals surface area contributed by atoms with Gasteiger partial charge in [0.1, 0.15) is 11.6 Å². The normalized spacial score (nSPS) is 19.5. The average Bonchev–Trinajstić information content (AvgIpc) is 2.70. The second kappa shape index (κ2) is 7.47. The first-order valence-electron chi connectivity index (χ1n) is 7.56. The average molecular weight is 314 g/mol. The van der Waals surface area contributed by atoms with E-state index in [1.165, 1.54) is 0 Å². The Bertz CT molecular complexity index is 428. The topological polar surface area (TPSA) is 93.7 Å². The number of hydrogen-bond donors (Lipinski definition) is 2. The standard InChI is InChI=1S/C15H26N2O5/c1-9(2)21-13(19)11(8-10-6-7-16-12(10)18)17-14(20)22-15(3,4)5/h9-11H,6-8H2,1-5H3,(H,16,18)(H,17,20)/t10-,11-/m0/s1. The van der Waals surface area contributed by atoms with Gasteiger partial charge in [0.25, 0.3) is 0 Å². The molecule has 1 aliphatic rings. The van der Waals surface area contributed by atoms with Crippen molar-refractivity contribution >= 4 is 18.0 Å². The van der Waals surface area contributed by atoms with E-state index in [1.807, 2.05) is 0 Å². The molecule has 0 saturated carbocycles. The van der Waals surface area contributed by atoms with Crippen LogP contribution in [0.1, 0.15) is 47.5 Å². The number of carbonyl (C=O) groups excluding carboxylic acids is 3. The van der Waals surface area contributed by atoms with E-state index in [1.54, 1.807) is 34.6 Å². The summed E-state index contributed by atoms with van der Waals surface area (Å²) < 4.78 is 10.3. The molecule has 1 fully saturated rings. The van der Waals surface area contributed by atoms with Crippen LogP contribution in [-0.4, -0.2) is 42.3 Å². The molecule has 2 amide bonds. The Morgan fingerprint density at radius 1 is 1.36 bits per heavy atom. The molecule has 0 aliphatic carbocycles. The van der Waals surface area contributed by atoms with E-state index in [-0.39, 0.29) is 24.3 Å². The quantitative estimate of drug-likeness (QED) is 0.747. The molecule has 1 saturated heterocycles. The van der Waals surface area contributed by atoms with Gasteiger partial charge in [0.15, 0.2) is 0 Å². The van der Waals surface area contributed by atoms with Crippen LogP contribution in [0.3, 0.4) is 0 Å². The monoisotopic (exact) mass is 314 g/mol. The third-order valence-electron chi connectivity index (χ3n) is 3.01. The lowest BCUT2D eigenvalue weighted by Crippen LogP contribution is -2.46. The summed E-state index contributed by atoms with van der Waals surface area (Å²) in [5, 5.41) is 5.22. The van der Waals surface area contributed by atoms with E-state index in [0.29, 0.717) is 13.0 Å². The van der Waals surface area contributed by atoms with Gasteiger partial charge in [-0.15, -0.1) is 0 Å². The fraction of sp³-hybridized carbons (Fsp3) is 0.800. The first-order valence-corrected chi connectivity index (χ1v) is 7.56. The number of amides is 2. The lowest BCUT2D eigenvalue weighted by molar-refractivity contribution is -0.150. The Kier molecular flexibility index (Phi) is 6.20. The zero-order chi connectivity index (χ0) is 16.9. The summed E-state index contributed by atoms with van der Waals surface area (Å²) in [6.07, 6.45) is -0.152. The van der Waals surface area contributed by atoms with Crippen LogP contribution >= 0.6 is 0 Å². The van der Waals surface area contributed by atoms with Crippen molar-refractivity contribution in [3.63, 3.8) is 0 Å². The van der Waals surface area contributed by atoms with Gasteiger partial charge in [0, 0.05) is 12.5 Å². The lowest BCUT2D eigenvalue weighted by Gasteiger charge is -2.24. The second-order valence-corrected chi connectivity index (χ2v) is 6.70. The van der Waals surface area contributed by atoms with Crippen molar-refractivity contribution in [1.29, 1.82) is 0 Å². The largest absolute Gasteiger partial charge is 0.461 e. The van der Waals surface area contributed by atoms with E-state index in [4.69, 9.17) is 9.47 Å². The highest BCUT2D eigenvalue weighted by Crippen LogP contribution is 2.18. The van der Waals surface area contributed by atoms with Gasteiger partial charge >= 0.3 is 12.1 Å². The predicted molar refractivity (Wildman–Crippen MR) is 80.1 cm³/mol. The molecule has 126 valence electrons. The Balaban J connectivity index is 2.70. The first-order chi connectivity index (χ1) is 10.1. The number of ether oxygens (including phenoxy) is 2. The van der Waals surface area contributed by atoms with Gasteiger partial charge in [-0.05, 0) is 47.5 Å². The van der Waals surface area contributed by atoms with Crippen LogP contribution in [0.2, 0.25) is 0 Å². The zero-order valence-corrected chi connectivity index (χ0v) is 13.9. The van der Waals surface area contributed by atoms with E-state index in [0.717, 1.165) is 0 Å². The van der Waals surface area contributed by atoms with Gasteiger partial charge < -0.3 is 20.1 Å². The van der Waals surface area contributed by atoms with Crippen molar-refractivity contribution in [3.8, 4) is 0 Å². The van der Waals surface area contributed by atoms with Crippen LogP contribution in [0, 0.1) is 5.92 Å². The molecule has 22 heavy (non-hydrogen) atoms. The fourth-order valence-electron chi connectivity index (χ4n) is 2.13. The fourth-order valence-corrected chi connectivity index (χ4v) is 2.13. The van der Waals surface area contributed by atoms with Gasteiger partial charge in [-0.25, -0.2) is 9.59 Å². The molecule has 7 heteroatoms. The summed E-state index contributed by atoms with van der Waals surface area (Å²) in [5.74, 6) is -0.964. The lowest BCUT2D eigenvalue weighted by atomic mass is 9.98. The third kappa shape index (κ3) is 6.32. The maximum absolute atomic E-state index is 12.1. The van der Waals surface area contributed by atoms with Gasteiger partial charge in [-0.2, -0.15) is 0 Å². The molecule has 7 nitrogen and oxygen atoms in total. The third-order valence-corrected chi connectivity index (χ3v) is 3.01. The second-order valence-electron chi connectivity index (χ2n) is 6.70. The summed E-state index contributed by atoms with van der Waals surface area (Å²) in [4.78, 5) is 35.7. The molecule has 1 aliphatic heterocycles. The highest BCUT2D eigenvalue weighted by molar-refractivity contribution is 5.84. The molecule has 0 unspecified atom stereocenters. The summed E-state index contributed by atoms with van der Waals surface area (Å²) in [5.41, 5.74) is -0.665. The Morgan fingerprint density at radius 2 is 2.00 bits per heavy atom. The predicted octanol–water partition coefficient (Wildman–Crippen LogP) is 1.36. The Labute approximate surface area is 131 Å². The summed E-state index contributed by atoms with van der Waals surface area (Å²) in [7, 11) is 0. The van der Waals surface area contributed by atoms with Crippen molar-refractivity contribution in [2.75, 3.05) is 6.54 Å². The molecule has 0 aromatic heterocycles. The highest BCUT2D eigenvalue weighted by atomic mass is 16.6. The minimum Gasteiger partial charge on any atom is -0.461 e. The number of rotatable bonds is 5. The molecule has 2 N–H and O–H groups in total. The van der Waals surface area contributed by atoms with Gasteiger partial charge in [-0.3, -0.25) is 4.79 Å². The SMILES string of the molecule is CC(C)OC(=O)[C@H](C[C@@H]1CCNC1=O)NC(=O)OC(C)(C)C. The molecule has 0 aromatic carbocycles. The zero-order valence-electron chi connectivity index (χ0n) is 13.9. The maximum atomic E-state index is 12.1. The molecule has 1 heterocycles. The highest BCUT2D eigenvalue weighted by Gasteiger charge is 2.33. The van der Waals surface area contributed by atoms with Crippen molar-refractivity contribution in [2.45, 2.75) is 65.2 Å². The minimum absolute atomic E-state index is 0.103. The van der Waals surface area contributed by atoms with Crippen molar-refractivity contribution in [3.05, 3.63) is 0 Å². The Morgan fingerprint density at radius 3 is 2.45 bits per heavy atom. The molecule has 0 spiro atoms. The van der Waals surface area contributed by atoms with Gasteiger partial charge in [0.05, 0.1) is 6.10 Å². The first kappa shape index (κ1) is 18.3. The van der Waals surface area contributed by atoms with E-state index in [2.05, 4.69) is 10.6 Å². The molecule has 0 radical (unpaired) electrons. The number of carbonyl (C=O) groups is 3. The van der Waals surface area contributed by atoms with Crippen LogP contribution < -0.4 is 10.6 Å². The maximum Gasteiger partial charge on any atom is 0.408 e. The van der Waals surface area contributed by atoms with E-state index >= 15 is 0 Å². The molecular weight excluding hydrogens is 288 g/mol. The van der Waals surface area contributed by atoms with Gasteiger partial charge in [0.2, 0.25) is 5.91 Å². The van der Waals surface area contributed by atoms with E-state index in [9.17, 15) is 14.4 Å². The number of hydrogen-bond acceptors (Lipinski definition) is 5. The van der Waals surface area contributed by atoms with E-state index < -0.39 is 23.7 Å². The number of esters is 1. The van der Waals surface area contributed by atoms with Crippen LogP contribution in [-0.2, 0) is 19.1 Å². The van der Waals surface area contributed by atoms with Crippen molar-refractivity contribution in [1.82, 2.24) is 10.6 Å². The molecule has 0 bridgehead atoms. The van der Waals surface area contributed by atoms with Crippen LogP contribution in [0.15, 0.2) is 0 Å².